The van der Waals surface area contributed by atoms with Crippen LogP contribution in [0.1, 0.15) is 64.3 Å². The van der Waals surface area contributed by atoms with Crippen molar-refractivity contribution in [1.29, 1.82) is 0 Å². The first-order valence-electron chi connectivity index (χ1n) is 20.9. The van der Waals surface area contributed by atoms with Crippen LogP contribution in [0, 0.1) is 17.0 Å². The second-order valence-corrected chi connectivity index (χ2v) is 16.3. The quantitative estimate of drug-likeness (QED) is 0.0525. The van der Waals surface area contributed by atoms with Gasteiger partial charge in [-0.2, -0.15) is 0 Å². The van der Waals surface area contributed by atoms with Crippen LogP contribution in [0.2, 0.25) is 1.41 Å². The molecule has 0 bridgehead atoms. The summed E-state index contributed by atoms with van der Waals surface area (Å²) in [6.07, 6.45) is 2.01. The molecule has 0 aliphatic carbocycles. The highest BCUT2D eigenvalue weighted by atomic mass is 19.1. The molecule has 0 fully saturated rings. The van der Waals surface area contributed by atoms with Crippen molar-refractivity contribution in [1.82, 2.24) is 35.6 Å². The number of primary amides is 2. The van der Waals surface area contributed by atoms with Crippen molar-refractivity contribution in [3.05, 3.63) is 95.8 Å². The van der Waals surface area contributed by atoms with Crippen molar-refractivity contribution < 1.29 is 58.5 Å². The van der Waals surface area contributed by atoms with Gasteiger partial charge in [-0.15, -0.1) is 0 Å². The SMILES string of the molecule is [2H]N(C(=O)CN1C(=O)C=CC1=O)[C@@H](C)C(=O)N[C@@H](CC(=O)N[C@@H](CC(N)=O)C(=O)NCCCN(C(=O)CO)[C@@H](c1cc(-c2cc(F)ccc2F)cn1Cc1ccccc1)C(C)(C)C)C(N)=O. The molecule has 21 heteroatoms. The lowest BCUT2D eigenvalue weighted by Crippen LogP contribution is -2.55. The van der Waals surface area contributed by atoms with Crippen LogP contribution in [0.5, 0.6) is 0 Å². The topological polar surface area (TPSA) is 285 Å². The summed E-state index contributed by atoms with van der Waals surface area (Å²) in [6, 6.07) is 8.32. The summed E-state index contributed by atoms with van der Waals surface area (Å²) < 4.78 is 39.3. The molecule has 9 N–H and O–H groups in total. The van der Waals surface area contributed by atoms with Gasteiger partial charge in [0.1, 0.15) is 42.9 Å². The Bertz CT molecular complexity index is 2350. The number of amides is 9. The Kier molecular flexibility index (Phi) is 16.8. The van der Waals surface area contributed by atoms with Gasteiger partial charge in [0, 0.05) is 54.8 Å². The van der Waals surface area contributed by atoms with E-state index in [-0.39, 0.29) is 36.9 Å². The van der Waals surface area contributed by atoms with Gasteiger partial charge in [0.15, 0.2) is 1.41 Å². The van der Waals surface area contributed by atoms with Crippen LogP contribution in [0.15, 0.2) is 72.9 Å². The average molecular weight is 907 g/mol. The maximum Gasteiger partial charge on any atom is 0.254 e. The smallest absolute Gasteiger partial charge is 0.254 e. The molecule has 65 heavy (non-hydrogen) atoms. The maximum absolute atomic E-state index is 15.1. The minimum absolute atomic E-state index is 0.00317. The Labute approximate surface area is 374 Å². The fourth-order valence-electron chi connectivity index (χ4n) is 7.09. The van der Waals surface area contributed by atoms with Crippen LogP contribution < -0.4 is 32.7 Å². The van der Waals surface area contributed by atoms with Crippen molar-refractivity contribution in [2.24, 2.45) is 16.9 Å². The second kappa shape index (κ2) is 22.4. The standard InChI is InChI=1S/C44H53F2N9O10/c1-25(50-36(59)23-55-37(60)13-14-38(55)61)42(64)52-31(41(48)63)20-35(58)51-32(19-34(47)57)43(65)49-15-8-16-54(39(62)24-56)40(44(2,3)4)33-17-27(29-18-28(45)11-12-30(29)46)22-53(33)21-26-9-6-5-7-10-26/h5-7,9-14,17-18,22,25,31-32,40,56H,8,15-16,19-21,23-24H2,1-4H3,(H2,47,57)(H2,48,63)(H,49,65)(H,50,59)(H,51,58)(H,52,64)/t25-,31-,32-,40-/m0/s1/i/hD. The lowest BCUT2D eigenvalue weighted by molar-refractivity contribution is -0.141. The van der Waals surface area contributed by atoms with Crippen molar-refractivity contribution in [3.8, 4) is 11.1 Å². The van der Waals surface area contributed by atoms with Crippen LogP contribution >= 0.6 is 0 Å². The number of aromatic nitrogens is 1. The maximum atomic E-state index is 15.1. The third kappa shape index (κ3) is 14.1. The molecule has 0 unspecified atom stereocenters. The molecule has 0 radical (unpaired) electrons. The first-order chi connectivity index (χ1) is 31.0. The molecule has 1 aliphatic heterocycles. The Morgan fingerprint density at radius 2 is 1.54 bits per heavy atom. The highest BCUT2D eigenvalue weighted by Gasteiger charge is 2.37. The number of aliphatic hydroxyl groups excluding tert-OH is 1. The fourth-order valence-corrected chi connectivity index (χ4v) is 7.09. The number of hydrogen-bond donors (Lipinski definition) is 7. The number of nitrogens with two attached hydrogens (primary N) is 2. The second-order valence-electron chi connectivity index (χ2n) is 16.3. The van der Waals surface area contributed by atoms with Gasteiger partial charge < -0.3 is 47.3 Å². The number of halogens is 2. The molecule has 2 heterocycles. The van der Waals surface area contributed by atoms with Gasteiger partial charge >= 0.3 is 0 Å². The van der Waals surface area contributed by atoms with Gasteiger partial charge in [0.05, 0.1) is 18.9 Å². The summed E-state index contributed by atoms with van der Waals surface area (Å²) in [5.74, 6) is -9.99. The molecule has 3 aromatic rings. The van der Waals surface area contributed by atoms with Crippen molar-refractivity contribution in [2.75, 3.05) is 26.2 Å². The first-order valence-corrected chi connectivity index (χ1v) is 20.4. The number of aliphatic hydroxyl groups is 1. The van der Waals surface area contributed by atoms with Crippen molar-refractivity contribution >= 4 is 53.2 Å². The monoisotopic (exact) mass is 906 g/mol. The van der Waals surface area contributed by atoms with E-state index in [0.717, 1.165) is 42.8 Å². The molecule has 2 aromatic carbocycles. The molecule has 1 aromatic heterocycles. The number of hydrogen-bond acceptors (Lipinski definition) is 10. The molecule has 1 aliphatic rings. The van der Waals surface area contributed by atoms with Gasteiger partial charge in [-0.3, -0.25) is 48.1 Å². The predicted molar refractivity (Wildman–Crippen MR) is 229 cm³/mol. The van der Waals surface area contributed by atoms with Crippen molar-refractivity contribution in [3.63, 3.8) is 0 Å². The molecule has 0 spiro atoms. The van der Waals surface area contributed by atoms with E-state index in [4.69, 9.17) is 12.9 Å². The summed E-state index contributed by atoms with van der Waals surface area (Å²) in [5.41, 5.74) is 11.8. The Balaban J connectivity index is 1.46. The summed E-state index contributed by atoms with van der Waals surface area (Å²) in [5, 5.41) is 17.3. The lowest BCUT2D eigenvalue weighted by atomic mass is 9.83. The van der Waals surface area contributed by atoms with E-state index in [1.165, 1.54) is 4.90 Å². The highest BCUT2D eigenvalue weighted by Crippen LogP contribution is 2.41. The van der Waals surface area contributed by atoms with E-state index in [9.17, 15) is 52.6 Å². The normalized spacial score (nSPS) is 14.4. The number of carbonyl (C=O) groups is 9. The van der Waals surface area contributed by atoms with E-state index >= 15 is 4.39 Å². The molecule has 4 rings (SSSR count). The van der Waals surface area contributed by atoms with Gasteiger partial charge in [0.25, 0.3) is 11.8 Å². The van der Waals surface area contributed by atoms with E-state index in [0.29, 0.717) is 16.2 Å². The number of rotatable bonds is 22. The van der Waals surface area contributed by atoms with Gasteiger partial charge in [-0.1, -0.05) is 51.1 Å². The number of benzene rings is 2. The summed E-state index contributed by atoms with van der Waals surface area (Å²) in [4.78, 5) is 115. The fraction of sp³-hybridized carbons (Fsp3) is 0.386. The molecule has 4 atom stereocenters. The molecule has 0 saturated heterocycles. The largest absolute Gasteiger partial charge is 0.387 e. The molecular weight excluding hydrogens is 853 g/mol. The van der Waals surface area contributed by atoms with Crippen LogP contribution in [-0.2, 0) is 49.7 Å². The van der Waals surface area contributed by atoms with Crippen LogP contribution in [0.4, 0.5) is 8.78 Å². The third-order valence-corrected chi connectivity index (χ3v) is 10.1. The zero-order valence-electron chi connectivity index (χ0n) is 37.2. The van der Waals surface area contributed by atoms with Gasteiger partial charge in [-0.25, -0.2) is 8.78 Å². The zero-order chi connectivity index (χ0) is 49.0. The molecule has 348 valence electrons. The van der Waals surface area contributed by atoms with Crippen LogP contribution in [-0.4, -0.2) is 117 Å². The Morgan fingerprint density at radius 3 is 2.14 bits per heavy atom. The van der Waals surface area contributed by atoms with Crippen LogP contribution in [0.25, 0.3) is 11.1 Å². The molecule has 9 amide bonds. The predicted octanol–water partition coefficient (Wildman–Crippen LogP) is 0.0461. The molecular formula is C44H53F2N9O10. The minimum Gasteiger partial charge on any atom is -0.387 e. The Hall–Kier alpha value is -7.29. The van der Waals surface area contributed by atoms with E-state index in [1.54, 1.807) is 12.3 Å². The highest BCUT2D eigenvalue weighted by molar-refractivity contribution is 6.14. The average Bonchev–Trinajstić information content (AvgIpc) is 3.80. The number of nitrogens with one attached hydrogen (secondary N) is 4. The molecule has 0 saturated carbocycles. The van der Waals surface area contributed by atoms with Gasteiger partial charge in [0.2, 0.25) is 41.4 Å². The van der Waals surface area contributed by atoms with E-state index in [2.05, 4.69) is 16.0 Å². The zero-order valence-corrected chi connectivity index (χ0v) is 36.2. The van der Waals surface area contributed by atoms with Crippen LogP contribution in [0.3, 0.4) is 0 Å². The number of imide groups is 1. The van der Waals surface area contributed by atoms with E-state index < -0.39 is 120 Å². The summed E-state index contributed by atoms with van der Waals surface area (Å²) in [7, 11) is 0. The number of nitrogens with zero attached hydrogens (tertiary/aromatic N) is 3. The van der Waals surface area contributed by atoms with E-state index in [1.807, 2.05) is 55.7 Å². The minimum atomic E-state index is -1.74. The summed E-state index contributed by atoms with van der Waals surface area (Å²) >= 11 is 0. The Morgan fingerprint density at radius 1 is 0.877 bits per heavy atom. The lowest BCUT2D eigenvalue weighted by Gasteiger charge is -2.41. The first kappa shape index (κ1) is 48.7. The van der Waals surface area contributed by atoms with Gasteiger partial charge in [-0.05, 0) is 48.6 Å². The molecule has 19 nitrogen and oxygen atoms in total. The third-order valence-electron chi connectivity index (χ3n) is 10.1. The summed E-state index contributed by atoms with van der Waals surface area (Å²) in [6.45, 7) is 5.03. The number of carbonyl (C=O) groups excluding carboxylic acids is 9. The van der Waals surface area contributed by atoms with Crippen molar-refractivity contribution in [2.45, 2.75) is 77.7 Å².